The van der Waals surface area contributed by atoms with Crippen molar-refractivity contribution >= 4 is 34.1 Å². The monoisotopic (exact) mass is 402 g/mol. The van der Waals surface area contributed by atoms with E-state index in [0.717, 1.165) is 36.0 Å². The van der Waals surface area contributed by atoms with E-state index in [2.05, 4.69) is 45.8 Å². The third-order valence-corrected chi connectivity index (χ3v) is 5.49. The van der Waals surface area contributed by atoms with E-state index in [-0.39, 0.29) is 0 Å². The molecule has 4 rings (SSSR count). The molecule has 0 spiro atoms. The Hall–Kier alpha value is -3.41. The fourth-order valence-electron chi connectivity index (χ4n) is 3.99. The van der Waals surface area contributed by atoms with Crippen LogP contribution in [0.1, 0.15) is 23.2 Å². The predicted octanol–water partition coefficient (Wildman–Crippen LogP) is 3.22. The van der Waals surface area contributed by atoms with Crippen LogP contribution in [0.15, 0.2) is 48.5 Å². The highest BCUT2D eigenvalue weighted by atomic mass is 16.2. The number of aryl methyl sites for hydroxylation is 2. The van der Waals surface area contributed by atoms with E-state index in [1.165, 1.54) is 16.8 Å². The van der Waals surface area contributed by atoms with Gasteiger partial charge in [-0.05, 0) is 55.5 Å². The van der Waals surface area contributed by atoms with Crippen LogP contribution in [0.2, 0.25) is 0 Å². The van der Waals surface area contributed by atoms with Gasteiger partial charge in [0.15, 0.2) is 0 Å². The average Bonchev–Trinajstić information content (AvgIpc) is 2.73. The Balaban J connectivity index is 1.35. The maximum Gasteiger partial charge on any atom is 0.313 e. The summed E-state index contributed by atoms with van der Waals surface area (Å²) < 4.78 is 0. The Kier molecular flexibility index (Phi) is 5.65. The fraction of sp³-hybridized carbons (Fsp3) is 0.292. The number of hydrogen-bond acceptors (Lipinski definition) is 4. The molecular formula is C24H26N4O2. The van der Waals surface area contributed by atoms with Gasteiger partial charge in [-0.3, -0.25) is 14.6 Å². The van der Waals surface area contributed by atoms with Crippen LogP contribution in [-0.2, 0) is 22.4 Å². The number of nitrogens with one attached hydrogen (secondary N) is 2. The van der Waals surface area contributed by atoms with E-state index in [9.17, 15) is 9.59 Å². The number of para-hydroxylation sites is 1. The minimum atomic E-state index is -0.669. The standard InChI is InChI=1S/C24H26N4O2/c1-16-14-21(19-7-3-4-8-20(19)26-16)27-24(30)23(29)25-12-11-17-9-10-22-18(15-17)6-5-13-28(22)2/h3-4,7-10,14-15H,5-6,11-13H2,1-2H3,(H,25,29)(H,26,27,30). The molecule has 1 aromatic heterocycles. The van der Waals surface area contributed by atoms with Crippen molar-refractivity contribution < 1.29 is 9.59 Å². The Morgan fingerprint density at radius 3 is 2.80 bits per heavy atom. The lowest BCUT2D eigenvalue weighted by atomic mass is 9.98. The van der Waals surface area contributed by atoms with Crippen LogP contribution >= 0.6 is 0 Å². The summed E-state index contributed by atoms with van der Waals surface area (Å²) >= 11 is 0. The Labute approximate surface area is 176 Å². The van der Waals surface area contributed by atoms with Crippen molar-refractivity contribution in [3.8, 4) is 0 Å². The van der Waals surface area contributed by atoms with Gasteiger partial charge < -0.3 is 15.5 Å². The number of carbonyl (C=O) groups is 2. The number of hydrogen-bond donors (Lipinski definition) is 2. The first kappa shape index (κ1) is 19.9. The molecule has 3 aromatic rings. The molecule has 1 aliphatic heterocycles. The molecule has 2 aromatic carbocycles. The minimum absolute atomic E-state index is 0.414. The zero-order valence-electron chi connectivity index (χ0n) is 17.4. The number of benzene rings is 2. The van der Waals surface area contributed by atoms with E-state index in [1.807, 2.05) is 31.2 Å². The van der Waals surface area contributed by atoms with Crippen LogP contribution in [-0.4, -0.2) is 36.9 Å². The normalized spacial score (nSPS) is 13.1. The van der Waals surface area contributed by atoms with Gasteiger partial charge in [-0.1, -0.05) is 30.3 Å². The van der Waals surface area contributed by atoms with Crippen molar-refractivity contribution in [1.82, 2.24) is 10.3 Å². The summed E-state index contributed by atoms with van der Waals surface area (Å²) in [4.78, 5) is 31.4. The van der Waals surface area contributed by atoms with Crippen molar-refractivity contribution in [2.45, 2.75) is 26.2 Å². The Morgan fingerprint density at radius 1 is 1.10 bits per heavy atom. The first-order chi connectivity index (χ1) is 14.5. The van der Waals surface area contributed by atoms with Gasteiger partial charge in [-0.15, -0.1) is 0 Å². The Bertz CT molecular complexity index is 1110. The van der Waals surface area contributed by atoms with Crippen molar-refractivity contribution in [1.29, 1.82) is 0 Å². The van der Waals surface area contributed by atoms with Gasteiger partial charge >= 0.3 is 11.8 Å². The zero-order chi connectivity index (χ0) is 21.1. The summed E-state index contributed by atoms with van der Waals surface area (Å²) in [5.74, 6) is -1.30. The summed E-state index contributed by atoms with van der Waals surface area (Å²) in [6.07, 6.45) is 2.93. The maximum absolute atomic E-state index is 12.4. The molecule has 0 atom stereocenters. The molecule has 2 N–H and O–H groups in total. The molecule has 0 saturated carbocycles. The zero-order valence-corrected chi connectivity index (χ0v) is 17.4. The number of fused-ring (bicyclic) bond motifs is 2. The SMILES string of the molecule is Cc1cc(NC(=O)C(=O)NCCc2ccc3c(c2)CCCN3C)c2ccccc2n1. The Morgan fingerprint density at radius 2 is 1.93 bits per heavy atom. The third kappa shape index (κ3) is 4.27. The minimum Gasteiger partial charge on any atom is -0.374 e. The predicted molar refractivity (Wildman–Crippen MR) is 120 cm³/mol. The molecule has 30 heavy (non-hydrogen) atoms. The molecule has 0 aliphatic carbocycles. The molecule has 0 saturated heterocycles. The van der Waals surface area contributed by atoms with Gasteiger partial charge in [-0.25, -0.2) is 0 Å². The smallest absolute Gasteiger partial charge is 0.313 e. The number of rotatable bonds is 4. The number of pyridine rings is 1. The van der Waals surface area contributed by atoms with Crippen molar-refractivity contribution in [2.24, 2.45) is 0 Å². The molecule has 1 aliphatic rings. The number of carbonyl (C=O) groups excluding carboxylic acids is 2. The molecule has 6 heteroatoms. The third-order valence-electron chi connectivity index (χ3n) is 5.49. The molecule has 2 amide bonds. The largest absolute Gasteiger partial charge is 0.374 e. The second-order valence-corrected chi connectivity index (χ2v) is 7.78. The van der Waals surface area contributed by atoms with E-state index in [4.69, 9.17) is 0 Å². The average molecular weight is 402 g/mol. The summed E-state index contributed by atoms with van der Waals surface area (Å²) in [5, 5.41) is 6.26. The topological polar surface area (TPSA) is 74.3 Å². The van der Waals surface area contributed by atoms with Crippen LogP contribution in [0.25, 0.3) is 10.9 Å². The second-order valence-electron chi connectivity index (χ2n) is 7.78. The van der Waals surface area contributed by atoms with Crippen molar-refractivity contribution in [3.05, 3.63) is 65.4 Å². The summed E-state index contributed by atoms with van der Waals surface area (Å²) in [7, 11) is 2.12. The van der Waals surface area contributed by atoms with E-state index >= 15 is 0 Å². The molecule has 0 bridgehead atoms. The van der Waals surface area contributed by atoms with E-state index in [1.54, 1.807) is 6.07 Å². The molecule has 0 unspecified atom stereocenters. The van der Waals surface area contributed by atoms with Gasteiger partial charge in [0.2, 0.25) is 0 Å². The lowest BCUT2D eigenvalue weighted by Crippen LogP contribution is -2.36. The lowest BCUT2D eigenvalue weighted by molar-refractivity contribution is -0.136. The highest BCUT2D eigenvalue weighted by Gasteiger charge is 2.16. The van der Waals surface area contributed by atoms with E-state index < -0.39 is 11.8 Å². The van der Waals surface area contributed by atoms with Crippen LogP contribution in [0.4, 0.5) is 11.4 Å². The number of anilines is 2. The van der Waals surface area contributed by atoms with Gasteiger partial charge in [0, 0.05) is 36.9 Å². The summed E-state index contributed by atoms with van der Waals surface area (Å²) in [6, 6.07) is 15.8. The van der Waals surface area contributed by atoms with Crippen molar-refractivity contribution in [2.75, 3.05) is 30.4 Å². The maximum atomic E-state index is 12.4. The van der Waals surface area contributed by atoms with E-state index in [0.29, 0.717) is 18.7 Å². The fourth-order valence-corrected chi connectivity index (χ4v) is 3.99. The van der Waals surface area contributed by atoms with Crippen LogP contribution in [0.3, 0.4) is 0 Å². The quantitative estimate of drug-likeness (QED) is 0.657. The molecule has 0 radical (unpaired) electrons. The molecule has 2 heterocycles. The van der Waals surface area contributed by atoms with Gasteiger partial charge in [0.05, 0.1) is 11.2 Å². The first-order valence-corrected chi connectivity index (χ1v) is 10.3. The summed E-state index contributed by atoms with van der Waals surface area (Å²) in [6.45, 7) is 3.36. The first-order valence-electron chi connectivity index (χ1n) is 10.3. The van der Waals surface area contributed by atoms with Crippen LogP contribution in [0.5, 0.6) is 0 Å². The van der Waals surface area contributed by atoms with Crippen LogP contribution in [0, 0.1) is 6.92 Å². The number of aromatic nitrogens is 1. The molecule has 6 nitrogen and oxygen atoms in total. The molecular weight excluding hydrogens is 376 g/mol. The highest BCUT2D eigenvalue weighted by Crippen LogP contribution is 2.27. The van der Waals surface area contributed by atoms with Gasteiger partial charge in [-0.2, -0.15) is 0 Å². The molecule has 154 valence electrons. The second kappa shape index (κ2) is 8.53. The molecule has 0 fully saturated rings. The highest BCUT2D eigenvalue weighted by molar-refractivity contribution is 6.40. The number of nitrogens with zero attached hydrogens (tertiary/aromatic N) is 2. The lowest BCUT2D eigenvalue weighted by Gasteiger charge is -2.27. The van der Waals surface area contributed by atoms with Gasteiger partial charge in [0.25, 0.3) is 0 Å². The summed E-state index contributed by atoms with van der Waals surface area (Å²) in [5.41, 5.74) is 5.96. The number of amides is 2. The van der Waals surface area contributed by atoms with Gasteiger partial charge in [0.1, 0.15) is 0 Å². The van der Waals surface area contributed by atoms with Crippen molar-refractivity contribution in [3.63, 3.8) is 0 Å². The van der Waals surface area contributed by atoms with Crippen LogP contribution < -0.4 is 15.5 Å².